The summed E-state index contributed by atoms with van der Waals surface area (Å²) in [6.07, 6.45) is 0.551. The maximum absolute atomic E-state index is 14.0. The Balaban J connectivity index is 2.34. The molecule has 2 aromatic carbocycles. The Hall–Kier alpha value is -0.170. The predicted molar refractivity (Wildman–Crippen MR) is 93.8 cm³/mol. The minimum Gasteiger partial charge on any atom is -0.313 e. The van der Waals surface area contributed by atoms with Gasteiger partial charge in [-0.05, 0) is 71.5 Å². The fourth-order valence-corrected chi connectivity index (χ4v) is 3.36. The SMILES string of the molecule is CNC(Cc1cccc(Cl)c1F)c1cc(Br)ccc1I. The van der Waals surface area contributed by atoms with Gasteiger partial charge in [-0.25, -0.2) is 4.39 Å². The van der Waals surface area contributed by atoms with Crippen LogP contribution in [0.1, 0.15) is 17.2 Å². The molecule has 0 radical (unpaired) electrons. The molecule has 2 rings (SSSR count). The molecule has 20 heavy (non-hydrogen) atoms. The molecule has 0 spiro atoms. The molecule has 0 aliphatic rings. The van der Waals surface area contributed by atoms with Crippen molar-refractivity contribution in [1.29, 1.82) is 0 Å². The van der Waals surface area contributed by atoms with Crippen LogP contribution in [0.4, 0.5) is 4.39 Å². The minimum atomic E-state index is -0.334. The molecule has 0 fully saturated rings. The summed E-state index contributed by atoms with van der Waals surface area (Å²) in [7, 11) is 1.88. The van der Waals surface area contributed by atoms with E-state index in [0.717, 1.165) is 13.6 Å². The number of nitrogens with one attached hydrogen (secondary N) is 1. The molecule has 0 aliphatic heterocycles. The monoisotopic (exact) mass is 467 g/mol. The van der Waals surface area contributed by atoms with Gasteiger partial charge in [0.15, 0.2) is 0 Å². The Kier molecular flexibility index (Phi) is 5.84. The summed E-state index contributed by atoms with van der Waals surface area (Å²) in [5, 5.41) is 3.41. The van der Waals surface area contributed by atoms with E-state index in [0.29, 0.717) is 12.0 Å². The third kappa shape index (κ3) is 3.72. The summed E-state index contributed by atoms with van der Waals surface area (Å²) < 4.78 is 16.2. The van der Waals surface area contributed by atoms with Crippen LogP contribution < -0.4 is 5.32 Å². The summed E-state index contributed by atoms with van der Waals surface area (Å²) >= 11 is 11.6. The van der Waals surface area contributed by atoms with E-state index in [1.807, 2.05) is 19.2 Å². The van der Waals surface area contributed by atoms with E-state index >= 15 is 0 Å². The van der Waals surface area contributed by atoms with E-state index in [-0.39, 0.29) is 16.9 Å². The number of hydrogen-bond acceptors (Lipinski definition) is 1. The Morgan fingerprint density at radius 1 is 1.35 bits per heavy atom. The van der Waals surface area contributed by atoms with Crippen LogP contribution in [0.5, 0.6) is 0 Å². The van der Waals surface area contributed by atoms with Crippen molar-refractivity contribution in [2.75, 3.05) is 7.05 Å². The highest BCUT2D eigenvalue weighted by molar-refractivity contribution is 14.1. The standard InChI is InChI=1S/C15H13BrClFIN/c1-20-14(11-8-10(16)5-6-13(11)19)7-9-3-2-4-12(17)15(9)18/h2-6,8,14,20H,7H2,1H3. The van der Waals surface area contributed by atoms with Gasteiger partial charge in [0.05, 0.1) is 5.02 Å². The van der Waals surface area contributed by atoms with Crippen LogP contribution >= 0.6 is 50.1 Å². The van der Waals surface area contributed by atoms with Gasteiger partial charge in [-0.2, -0.15) is 0 Å². The van der Waals surface area contributed by atoms with Crippen molar-refractivity contribution in [1.82, 2.24) is 5.32 Å². The Morgan fingerprint density at radius 3 is 2.80 bits per heavy atom. The van der Waals surface area contributed by atoms with Gasteiger partial charge in [0.25, 0.3) is 0 Å². The quantitative estimate of drug-likeness (QED) is 0.597. The van der Waals surface area contributed by atoms with Crippen LogP contribution in [-0.2, 0) is 6.42 Å². The van der Waals surface area contributed by atoms with Crippen molar-refractivity contribution in [3.8, 4) is 0 Å². The number of halogens is 4. The van der Waals surface area contributed by atoms with Crippen molar-refractivity contribution in [2.24, 2.45) is 0 Å². The molecule has 5 heteroatoms. The van der Waals surface area contributed by atoms with Crippen LogP contribution in [0.25, 0.3) is 0 Å². The Labute approximate surface area is 145 Å². The second-order valence-corrected chi connectivity index (χ2v) is 6.91. The largest absolute Gasteiger partial charge is 0.313 e. The third-order valence-electron chi connectivity index (χ3n) is 3.14. The second-order valence-electron chi connectivity index (χ2n) is 4.42. The van der Waals surface area contributed by atoms with Gasteiger partial charge in [0.2, 0.25) is 0 Å². The minimum absolute atomic E-state index is 0.0346. The van der Waals surface area contributed by atoms with Crippen LogP contribution in [0.2, 0.25) is 5.02 Å². The molecule has 106 valence electrons. The van der Waals surface area contributed by atoms with Gasteiger partial charge >= 0.3 is 0 Å². The first kappa shape index (κ1) is 16.2. The molecule has 0 aromatic heterocycles. The molecule has 0 aliphatic carbocycles. The molecule has 2 aromatic rings. The van der Waals surface area contributed by atoms with E-state index in [2.05, 4.69) is 49.9 Å². The van der Waals surface area contributed by atoms with Crippen molar-refractivity contribution in [2.45, 2.75) is 12.5 Å². The third-order valence-corrected chi connectivity index (χ3v) is 4.91. The highest BCUT2D eigenvalue weighted by Gasteiger charge is 2.16. The first-order valence-electron chi connectivity index (χ1n) is 6.08. The maximum Gasteiger partial charge on any atom is 0.145 e. The Bertz CT molecular complexity index is 621. The van der Waals surface area contributed by atoms with E-state index in [4.69, 9.17) is 11.6 Å². The lowest BCUT2D eigenvalue weighted by atomic mass is 9.99. The molecule has 0 heterocycles. The maximum atomic E-state index is 14.0. The van der Waals surface area contributed by atoms with Crippen molar-refractivity contribution in [3.63, 3.8) is 0 Å². The summed E-state index contributed by atoms with van der Waals surface area (Å²) in [5.74, 6) is -0.334. The number of benzene rings is 2. The smallest absolute Gasteiger partial charge is 0.145 e. The van der Waals surface area contributed by atoms with Crippen LogP contribution in [0.15, 0.2) is 40.9 Å². The van der Waals surface area contributed by atoms with E-state index in [1.54, 1.807) is 18.2 Å². The zero-order valence-corrected chi connectivity index (χ0v) is 15.3. The Morgan fingerprint density at radius 2 is 2.10 bits per heavy atom. The van der Waals surface area contributed by atoms with Gasteiger partial charge < -0.3 is 5.32 Å². The van der Waals surface area contributed by atoms with Crippen LogP contribution in [0, 0.1) is 9.39 Å². The molecule has 1 N–H and O–H groups in total. The van der Waals surface area contributed by atoms with Crippen molar-refractivity contribution < 1.29 is 4.39 Å². The molecule has 0 amide bonds. The molecular formula is C15H13BrClFIN. The van der Waals surface area contributed by atoms with Gasteiger partial charge in [-0.3, -0.25) is 0 Å². The highest BCUT2D eigenvalue weighted by Crippen LogP contribution is 2.28. The zero-order chi connectivity index (χ0) is 14.7. The fraction of sp³-hybridized carbons (Fsp3) is 0.200. The first-order chi connectivity index (χ1) is 9.52. The normalized spacial score (nSPS) is 12.4. The molecule has 1 unspecified atom stereocenters. The number of likely N-dealkylation sites (N-methyl/N-ethyl adjacent to an activating group) is 1. The van der Waals surface area contributed by atoms with Crippen molar-refractivity contribution in [3.05, 3.63) is 66.4 Å². The van der Waals surface area contributed by atoms with Gasteiger partial charge in [0, 0.05) is 14.1 Å². The van der Waals surface area contributed by atoms with E-state index in [9.17, 15) is 4.39 Å². The average molecular weight is 469 g/mol. The van der Waals surface area contributed by atoms with E-state index in [1.165, 1.54) is 0 Å². The van der Waals surface area contributed by atoms with E-state index < -0.39 is 0 Å². The molecular weight excluding hydrogens is 455 g/mol. The summed E-state index contributed by atoms with van der Waals surface area (Å²) in [4.78, 5) is 0. The second kappa shape index (κ2) is 7.20. The molecule has 1 atom stereocenters. The molecule has 0 bridgehead atoms. The molecule has 1 nitrogen and oxygen atoms in total. The van der Waals surface area contributed by atoms with Crippen LogP contribution in [-0.4, -0.2) is 7.05 Å². The lowest BCUT2D eigenvalue weighted by molar-refractivity contribution is 0.553. The summed E-state index contributed by atoms with van der Waals surface area (Å²) in [6, 6.07) is 11.3. The van der Waals surface area contributed by atoms with Gasteiger partial charge in [0.1, 0.15) is 5.82 Å². The summed E-state index contributed by atoms with van der Waals surface area (Å²) in [6.45, 7) is 0. The van der Waals surface area contributed by atoms with Gasteiger partial charge in [-0.1, -0.05) is 39.7 Å². The predicted octanol–water partition coefficient (Wildman–Crippen LogP) is 5.35. The molecule has 0 saturated carbocycles. The highest BCUT2D eigenvalue weighted by atomic mass is 127. The molecule has 0 saturated heterocycles. The average Bonchev–Trinajstić information content (AvgIpc) is 2.43. The lowest BCUT2D eigenvalue weighted by Gasteiger charge is -2.19. The fourth-order valence-electron chi connectivity index (χ4n) is 2.08. The number of rotatable bonds is 4. The van der Waals surface area contributed by atoms with Crippen LogP contribution in [0.3, 0.4) is 0 Å². The number of hydrogen-bond donors (Lipinski definition) is 1. The lowest BCUT2D eigenvalue weighted by Crippen LogP contribution is -2.20. The first-order valence-corrected chi connectivity index (χ1v) is 8.33. The topological polar surface area (TPSA) is 12.0 Å². The van der Waals surface area contributed by atoms with Gasteiger partial charge in [-0.15, -0.1) is 0 Å². The zero-order valence-electron chi connectivity index (χ0n) is 10.8. The van der Waals surface area contributed by atoms with Crippen molar-refractivity contribution >= 4 is 50.1 Å². The summed E-state index contributed by atoms with van der Waals surface area (Å²) in [5.41, 5.74) is 1.76.